The molecular formula is C10H13BrO2. The highest BCUT2D eigenvalue weighted by Crippen LogP contribution is 2.17. The normalized spacial score (nSPS) is 8.31. The fraction of sp³-hybridized carbons (Fsp3) is 0.300. The van der Waals surface area contributed by atoms with Crippen molar-refractivity contribution in [3.05, 3.63) is 28.7 Å². The summed E-state index contributed by atoms with van der Waals surface area (Å²) in [7, 11) is 0. The highest BCUT2D eigenvalue weighted by atomic mass is 79.9. The third kappa shape index (κ3) is 5.42. The maximum Gasteiger partial charge on any atom is 0.308 e. The Labute approximate surface area is 87.0 Å². The molecule has 0 bridgehead atoms. The number of hydrogen-bond acceptors (Lipinski definition) is 2. The largest absolute Gasteiger partial charge is 0.427 e. The fourth-order valence-corrected chi connectivity index (χ4v) is 1.07. The molecule has 0 unspecified atom stereocenters. The SMILES string of the molecule is CC.CC(=O)Oc1cccc(Br)c1. The van der Waals surface area contributed by atoms with Crippen LogP contribution in [0.5, 0.6) is 5.75 Å². The van der Waals surface area contributed by atoms with Crippen LogP contribution in [0, 0.1) is 0 Å². The van der Waals surface area contributed by atoms with Crippen LogP contribution in [-0.4, -0.2) is 5.97 Å². The number of benzene rings is 1. The van der Waals surface area contributed by atoms with E-state index in [1.165, 1.54) is 6.92 Å². The molecule has 0 aliphatic heterocycles. The Morgan fingerprint density at radius 3 is 2.46 bits per heavy atom. The summed E-state index contributed by atoms with van der Waals surface area (Å²) in [5, 5.41) is 0. The van der Waals surface area contributed by atoms with E-state index in [1.54, 1.807) is 12.1 Å². The van der Waals surface area contributed by atoms with Gasteiger partial charge in [0.25, 0.3) is 0 Å². The quantitative estimate of drug-likeness (QED) is 0.559. The Bertz CT molecular complexity index is 271. The predicted octanol–water partition coefficient (Wildman–Crippen LogP) is 3.40. The molecule has 2 nitrogen and oxygen atoms in total. The topological polar surface area (TPSA) is 26.3 Å². The highest BCUT2D eigenvalue weighted by molar-refractivity contribution is 9.10. The standard InChI is InChI=1S/C8H7BrO2.C2H6/c1-6(10)11-8-4-2-3-7(9)5-8;1-2/h2-5H,1H3;1-2H3. The number of rotatable bonds is 1. The minimum Gasteiger partial charge on any atom is -0.427 e. The van der Waals surface area contributed by atoms with Crippen molar-refractivity contribution in [1.29, 1.82) is 0 Å². The van der Waals surface area contributed by atoms with Crippen LogP contribution >= 0.6 is 15.9 Å². The van der Waals surface area contributed by atoms with Gasteiger partial charge in [-0.1, -0.05) is 35.8 Å². The molecule has 1 rings (SSSR count). The van der Waals surface area contributed by atoms with E-state index in [1.807, 2.05) is 26.0 Å². The summed E-state index contributed by atoms with van der Waals surface area (Å²) in [5.41, 5.74) is 0. The molecule has 0 amide bonds. The summed E-state index contributed by atoms with van der Waals surface area (Å²) in [5.74, 6) is 0.259. The lowest BCUT2D eigenvalue weighted by Crippen LogP contribution is -2.00. The van der Waals surface area contributed by atoms with Gasteiger partial charge in [0, 0.05) is 11.4 Å². The first-order valence-corrected chi connectivity index (χ1v) is 4.92. The van der Waals surface area contributed by atoms with E-state index in [2.05, 4.69) is 15.9 Å². The summed E-state index contributed by atoms with van der Waals surface area (Å²) in [6.45, 7) is 5.38. The van der Waals surface area contributed by atoms with Crippen molar-refractivity contribution in [2.24, 2.45) is 0 Å². The molecular weight excluding hydrogens is 232 g/mol. The maximum atomic E-state index is 10.5. The van der Waals surface area contributed by atoms with E-state index in [4.69, 9.17) is 4.74 Å². The van der Waals surface area contributed by atoms with Crippen molar-refractivity contribution in [3.63, 3.8) is 0 Å². The van der Waals surface area contributed by atoms with Gasteiger partial charge in [-0.05, 0) is 18.2 Å². The molecule has 0 saturated carbocycles. The van der Waals surface area contributed by atoms with Crippen molar-refractivity contribution >= 4 is 21.9 Å². The highest BCUT2D eigenvalue weighted by Gasteiger charge is 1.96. The Morgan fingerprint density at radius 2 is 2.00 bits per heavy atom. The number of esters is 1. The van der Waals surface area contributed by atoms with Gasteiger partial charge in [-0.3, -0.25) is 4.79 Å². The minimum absolute atomic E-state index is 0.303. The van der Waals surface area contributed by atoms with E-state index in [9.17, 15) is 4.79 Å². The van der Waals surface area contributed by atoms with Crippen molar-refractivity contribution in [3.8, 4) is 5.75 Å². The second-order valence-corrected chi connectivity index (χ2v) is 2.97. The lowest BCUT2D eigenvalue weighted by atomic mass is 10.3. The van der Waals surface area contributed by atoms with Gasteiger partial charge in [0.2, 0.25) is 0 Å². The molecule has 1 aromatic rings. The van der Waals surface area contributed by atoms with E-state index < -0.39 is 0 Å². The van der Waals surface area contributed by atoms with Gasteiger partial charge in [0.15, 0.2) is 0 Å². The molecule has 0 aliphatic carbocycles. The number of carbonyl (C=O) groups excluding carboxylic acids is 1. The molecule has 0 N–H and O–H groups in total. The van der Waals surface area contributed by atoms with E-state index in [0.29, 0.717) is 5.75 Å². The fourth-order valence-electron chi connectivity index (χ4n) is 0.696. The van der Waals surface area contributed by atoms with Gasteiger partial charge in [0.05, 0.1) is 0 Å². The van der Waals surface area contributed by atoms with Gasteiger partial charge >= 0.3 is 5.97 Å². The molecule has 3 heteroatoms. The Morgan fingerprint density at radius 1 is 1.38 bits per heavy atom. The molecule has 0 aromatic heterocycles. The first-order chi connectivity index (χ1) is 6.18. The monoisotopic (exact) mass is 244 g/mol. The average molecular weight is 245 g/mol. The van der Waals surface area contributed by atoms with Gasteiger partial charge < -0.3 is 4.74 Å². The number of carbonyl (C=O) groups is 1. The third-order valence-electron chi connectivity index (χ3n) is 1.06. The molecule has 0 spiro atoms. The van der Waals surface area contributed by atoms with Crippen molar-refractivity contribution in [2.75, 3.05) is 0 Å². The number of hydrogen-bond donors (Lipinski definition) is 0. The molecule has 1 aromatic carbocycles. The van der Waals surface area contributed by atoms with Crippen molar-refractivity contribution in [1.82, 2.24) is 0 Å². The molecule has 72 valence electrons. The zero-order valence-electron chi connectivity index (χ0n) is 8.00. The third-order valence-corrected chi connectivity index (χ3v) is 1.55. The van der Waals surface area contributed by atoms with Crippen LogP contribution in [0.1, 0.15) is 20.8 Å². The Kier molecular flexibility index (Phi) is 6.24. The number of ether oxygens (including phenoxy) is 1. The van der Waals surface area contributed by atoms with Gasteiger partial charge in [-0.2, -0.15) is 0 Å². The second-order valence-electron chi connectivity index (χ2n) is 2.05. The molecule has 0 heterocycles. The van der Waals surface area contributed by atoms with Crippen molar-refractivity contribution in [2.45, 2.75) is 20.8 Å². The first kappa shape index (κ1) is 12.2. The molecule has 0 aliphatic rings. The molecule has 13 heavy (non-hydrogen) atoms. The van der Waals surface area contributed by atoms with Crippen LogP contribution in [0.4, 0.5) is 0 Å². The maximum absolute atomic E-state index is 10.5. The van der Waals surface area contributed by atoms with Gasteiger partial charge in [-0.15, -0.1) is 0 Å². The first-order valence-electron chi connectivity index (χ1n) is 4.12. The minimum atomic E-state index is -0.303. The summed E-state index contributed by atoms with van der Waals surface area (Å²) < 4.78 is 5.73. The zero-order chi connectivity index (χ0) is 10.3. The van der Waals surface area contributed by atoms with Crippen LogP contribution in [0.25, 0.3) is 0 Å². The molecule has 0 radical (unpaired) electrons. The molecule has 0 fully saturated rings. The lowest BCUT2D eigenvalue weighted by Gasteiger charge is -1.99. The van der Waals surface area contributed by atoms with Crippen LogP contribution in [-0.2, 0) is 4.79 Å². The molecule has 0 saturated heterocycles. The van der Waals surface area contributed by atoms with E-state index in [-0.39, 0.29) is 5.97 Å². The van der Waals surface area contributed by atoms with Gasteiger partial charge in [0.1, 0.15) is 5.75 Å². The summed E-state index contributed by atoms with van der Waals surface area (Å²) >= 11 is 3.26. The van der Waals surface area contributed by atoms with Crippen molar-refractivity contribution < 1.29 is 9.53 Å². The zero-order valence-corrected chi connectivity index (χ0v) is 9.59. The van der Waals surface area contributed by atoms with Crippen LogP contribution < -0.4 is 4.74 Å². The lowest BCUT2D eigenvalue weighted by molar-refractivity contribution is -0.131. The van der Waals surface area contributed by atoms with Gasteiger partial charge in [-0.25, -0.2) is 0 Å². The Hall–Kier alpha value is -0.830. The van der Waals surface area contributed by atoms with E-state index in [0.717, 1.165) is 4.47 Å². The summed E-state index contributed by atoms with van der Waals surface area (Å²) in [6.07, 6.45) is 0. The van der Waals surface area contributed by atoms with E-state index >= 15 is 0 Å². The number of halogens is 1. The predicted molar refractivity (Wildman–Crippen MR) is 56.8 cm³/mol. The summed E-state index contributed by atoms with van der Waals surface area (Å²) in [4.78, 5) is 10.5. The van der Waals surface area contributed by atoms with Crippen LogP contribution in [0.15, 0.2) is 28.7 Å². The second kappa shape index (κ2) is 6.66. The van der Waals surface area contributed by atoms with Crippen LogP contribution in [0.2, 0.25) is 0 Å². The summed E-state index contributed by atoms with van der Waals surface area (Å²) in [6, 6.07) is 7.14. The van der Waals surface area contributed by atoms with Crippen LogP contribution in [0.3, 0.4) is 0 Å². The Balaban J connectivity index is 0.000000671. The average Bonchev–Trinajstić information content (AvgIpc) is 2.06. The molecule has 0 atom stereocenters. The smallest absolute Gasteiger partial charge is 0.308 e.